The number of ketones is 1. The van der Waals surface area contributed by atoms with Gasteiger partial charge in [-0.05, 0) is 6.92 Å². The Hall–Kier alpha value is -2.41. The van der Waals surface area contributed by atoms with Crippen LogP contribution in [0.4, 0.5) is 0 Å². The first-order valence-corrected chi connectivity index (χ1v) is 8.09. The van der Waals surface area contributed by atoms with E-state index in [4.69, 9.17) is 4.74 Å². The van der Waals surface area contributed by atoms with E-state index in [1.165, 1.54) is 29.4 Å². The van der Waals surface area contributed by atoms with Crippen molar-refractivity contribution in [2.24, 2.45) is 0 Å². The van der Waals surface area contributed by atoms with Crippen molar-refractivity contribution in [3.8, 4) is 0 Å². The maximum Gasteiger partial charge on any atom is 0.346 e. The first kappa shape index (κ1) is 15.5. The molecule has 0 unspecified atom stereocenters. The molecule has 0 fully saturated rings. The predicted molar refractivity (Wildman–Crippen MR) is 84.9 cm³/mol. The SMILES string of the molecule is C[C@@H](OC(=O)c1cnc2n(c1=O)CCS2)C(=O)c1ccccc1. The van der Waals surface area contributed by atoms with Crippen LogP contribution in [0.2, 0.25) is 0 Å². The number of rotatable bonds is 4. The van der Waals surface area contributed by atoms with Crippen molar-refractivity contribution in [1.29, 1.82) is 0 Å². The average Bonchev–Trinajstić information content (AvgIpc) is 3.04. The van der Waals surface area contributed by atoms with Gasteiger partial charge in [0.05, 0.1) is 6.20 Å². The Morgan fingerprint density at radius 3 is 2.78 bits per heavy atom. The number of nitrogens with zero attached hydrogens (tertiary/aromatic N) is 2. The normalized spacial score (nSPS) is 14.1. The largest absolute Gasteiger partial charge is 0.450 e. The molecule has 1 aliphatic heterocycles. The molecule has 3 rings (SSSR count). The van der Waals surface area contributed by atoms with Gasteiger partial charge in [-0.3, -0.25) is 14.2 Å². The van der Waals surface area contributed by atoms with Crippen LogP contribution in [-0.4, -0.2) is 33.2 Å². The second kappa shape index (κ2) is 6.37. The van der Waals surface area contributed by atoms with E-state index in [1.54, 1.807) is 30.3 Å². The van der Waals surface area contributed by atoms with Crippen molar-refractivity contribution in [3.05, 3.63) is 58.0 Å². The van der Waals surface area contributed by atoms with Crippen molar-refractivity contribution in [2.45, 2.75) is 24.7 Å². The summed E-state index contributed by atoms with van der Waals surface area (Å²) < 4.78 is 6.59. The molecule has 23 heavy (non-hydrogen) atoms. The number of fused-ring (bicyclic) bond motifs is 1. The van der Waals surface area contributed by atoms with E-state index < -0.39 is 17.6 Å². The molecular formula is C16H14N2O4S. The van der Waals surface area contributed by atoms with Gasteiger partial charge in [-0.15, -0.1) is 0 Å². The number of hydrogen-bond donors (Lipinski definition) is 0. The van der Waals surface area contributed by atoms with E-state index in [9.17, 15) is 14.4 Å². The summed E-state index contributed by atoms with van der Waals surface area (Å²) in [4.78, 5) is 40.7. The Labute approximate surface area is 136 Å². The first-order chi connectivity index (χ1) is 11.1. The van der Waals surface area contributed by atoms with Gasteiger partial charge in [0.1, 0.15) is 5.56 Å². The fourth-order valence-electron chi connectivity index (χ4n) is 2.27. The highest BCUT2D eigenvalue weighted by atomic mass is 32.2. The van der Waals surface area contributed by atoms with Gasteiger partial charge in [0.15, 0.2) is 11.3 Å². The van der Waals surface area contributed by atoms with Crippen molar-refractivity contribution in [3.63, 3.8) is 0 Å². The minimum atomic E-state index is -0.975. The highest BCUT2D eigenvalue weighted by molar-refractivity contribution is 7.99. The minimum absolute atomic E-state index is 0.149. The number of carbonyl (C=O) groups excluding carboxylic acids is 2. The third kappa shape index (κ3) is 3.05. The quantitative estimate of drug-likeness (QED) is 0.483. The lowest BCUT2D eigenvalue weighted by atomic mass is 10.1. The highest BCUT2D eigenvalue weighted by Crippen LogP contribution is 2.20. The fraction of sp³-hybridized carbons (Fsp3) is 0.250. The molecule has 2 aromatic rings. The van der Waals surface area contributed by atoms with Crippen LogP contribution in [0.5, 0.6) is 0 Å². The van der Waals surface area contributed by atoms with Crippen LogP contribution in [0, 0.1) is 0 Å². The minimum Gasteiger partial charge on any atom is -0.450 e. The predicted octanol–water partition coefficient (Wildman–Crippen LogP) is 1.78. The third-order valence-corrected chi connectivity index (χ3v) is 4.46. The molecule has 0 spiro atoms. The lowest BCUT2D eigenvalue weighted by Gasteiger charge is -2.12. The van der Waals surface area contributed by atoms with E-state index in [0.29, 0.717) is 17.3 Å². The Kier molecular flexibility index (Phi) is 4.29. The van der Waals surface area contributed by atoms with E-state index in [1.807, 2.05) is 0 Å². The molecule has 0 radical (unpaired) electrons. The van der Waals surface area contributed by atoms with Gasteiger partial charge in [0, 0.05) is 17.9 Å². The monoisotopic (exact) mass is 330 g/mol. The van der Waals surface area contributed by atoms with Gasteiger partial charge >= 0.3 is 5.97 Å². The van der Waals surface area contributed by atoms with Crippen molar-refractivity contribution in [1.82, 2.24) is 9.55 Å². The second-order valence-corrected chi connectivity index (χ2v) is 6.10. The van der Waals surface area contributed by atoms with Crippen molar-refractivity contribution >= 4 is 23.5 Å². The van der Waals surface area contributed by atoms with Crippen LogP contribution in [-0.2, 0) is 11.3 Å². The van der Waals surface area contributed by atoms with Crippen LogP contribution >= 0.6 is 11.8 Å². The Morgan fingerprint density at radius 2 is 2.04 bits per heavy atom. The smallest absolute Gasteiger partial charge is 0.346 e. The lowest BCUT2D eigenvalue weighted by molar-refractivity contribution is 0.0315. The van der Waals surface area contributed by atoms with Crippen LogP contribution < -0.4 is 5.56 Å². The van der Waals surface area contributed by atoms with Crippen LogP contribution in [0.3, 0.4) is 0 Å². The standard InChI is InChI=1S/C16H14N2O4S/c1-10(13(19)11-5-3-2-4-6-11)22-15(21)12-9-17-16-18(14(12)20)7-8-23-16/h2-6,9-10H,7-8H2,1H3/t10-/m1/s1. The van der Waals surface area contributed by atoms with Gasteiger partial charge in [0.2, 0.25) is 5.78 Å². The molecule has 2 heterocycles. The Morgan fingerprint density at radius 1 is 1.30 bits per heavy atom. The Balaban J connectivity index is 1.77. The average molecular weight is 330 g/mol. The molecule has 1 aliphatic rings. The molecule has 0 bridgehead atoms. The molecule has 0 N–H and O–H groups in total. The van der Waals surface area contributed by atoms with Gasteiger partial charge < -0.3 is 4.74 Å². The first-order valence-electron chi connectivity index (χ1n) is 7.11. The van der Waals surface area contributed by atoms with Gasteiger partial charge in [-0.25, -0.2) is 9.78 Å². The number of esters is 1. The summed E-state index contributed by atoms with van der Waals surface area (Å²) >= 11 is 1.46. The molecule has 6 nitrogen and oxygen atoms in total. The number of carbonyl (C=O) groups is 2. The number of aromatic nitrogens is 2. The maximum absolute atomic E-state index is 12.2. The van der Waals surface area contributed by atoms with Crippen molar-refractivity contribution < 1.29 is 14.3 Å². The topological polar surface area (TPSA) is 78.3 Å². The summed E-state index contributed by atoms with van der Waals surface area (Å²) in [6.07, 6.45) is 0.242. The van der Waals surface area contributed by atoms with E-state index in [0.717, 1.165) is 5.75 Å². The highest BCUT2D eigenvalue weighted by Gasteiger charge is 2.24. The molecule has 1 aromatic heterocycles. The van der Waals surface area contributed by atoms with Crippen LogP contribution in [0.15, 0.2) is 46.5 Å². The van der Waals surface area contributed by atoms with E-state index >= 15 is 0 Å². The molecule has 0 saturated carbocycles. The maximum atomic E-state index is 12.2. The summed E-state index contributed by atoms with van der Waals surface area (Å²) in [5.74, 6) is -0.390. The summed E-state index contributed by atoms with van der Waals surface area (Å²) in [5.41, 5.74) is -0.124. The zero-order valence-corrected chi connectivity index (χ0v) is 13.2. The molecule has 0 saturated heterocycles. The molecule has 0 aliphatic carbocycles. The Bertz CT molecular complexity index is 817. The molecule has 1 aromatic carbocycles. The summed E-state index contributed by atoms with van der Waals surface area (Å²) in [6, 6.07) is 8.56. The number of thioether (sulfide) groups is 1. The third-order valence-electron chi connectivity index (χ3n) is 3.49. The van der Waals surface area contributed by atoms with Crippen LogP contribution in [0.1, 0.15) is 27.6 Å². The number of hydrogen-bond acceptors (Lipinski definition) is 6. The number of benzene rings is 1. The second-order valence-electron chi connectivity index (χ2n) is 5.04. The molecule has 1 atom stereocenters. The summed E-state index contributed by atoms with van der Waals surface area (Å²) in [6.45, 7) is 2.01. The summed E-state index contributed by atoms with van der Waals surface area (Å²) in [5, 5.41) is 0.597. The lowest BCUT2D eigenvalue weighted by Crippen LogP contribution is -2.31. The fourth-order valence-corrected chi connectivity index (χ4v) is 3.19. The van der Waals surface area contributed by atoms with Gasteiger partial charge in [-0.1, -0.05) is 42.1 Å². The molecular weight excluding hydrogens is 316 g/mol. The summed E-state index contributed by atoms with van der Waals surface area (Å²) in [7, 11) is 0. The van der Waals surface area contributed by atoms with Gasteiger partial charge in [0.25, 0.3) is 5.56 Å². The van der Waals surface area contributed by atoms with Gasteiger partial charge in [-0.2, -0.15) is 0 Å². The van der Waals surface area contributed by atoms with Crippen LogP contribution in [0.25, 0.3) is 0 Å². The van der Waals surface area contributed by atoms with E-state index in [-0.39, 0.29) is 11.3 Å². The zero-order valence-electron chi connectivity index (χ0n) is 12.4. The molecule has 118 valence electrons. The van der Waals surface area contributed by atoms with Crippen molar-refractivity contribution in [2.75, 3.05) is 5.75 Å². The molecule has 0 amide bonds. The number of ether oxygens (including phenoxy) is 1. The number of Topliss-reactive ketones (excluding diaryl/α,β-unsaturated/α-hetero) is 1. The zero-order chi connectivity index (χ0) is 16.4. The molecule has 7 heteroatoms. The van der Waals surface area contributed by atoms with E-state index in [2.05, 4.69) is 4.98 Å².